The normalized spacial score (nSPS) is 35.6. The smallest absolute Gasteiger partial charge is 0.312 e. The van der Waals surface area contributed by atoms with E-state index in [1.165, 1.54) is 53.2 Å². The Morgan fingerprint density at radius 2 is 1.61 bits per heavy atom. The summed E-state index contributed by atoms with van der Waals surface area (Å²) in [4.78, 5) is 43.5. The summed E-state index contributed by atoms with van der Waals surface area (Å²) in [6, 6.07) is 0. The maximum absolute atomic E-state index is 14.1. The number of Topliss-reactive ketones (excluding diaryl/α,β-unsaturated/α-hetero) is 1. The zero-order valence-corrected chi connectivity index (χ0v) is 30.3. The van der Waals surface area contributed by atoms with Crippen molar-refractivity contribution < 1.29 is 53.8 Å². The van der Waals surface area contributed by atoms with Crippen LogP contribution in [0.25, 0.3) is 5.70 Å². The number of ketones is 1. The van der Waals surface area contributed by atoms with Crippen molar-refractivity contribution >= 4 is 29.1 Å². The summed E-state index contributed by atoms with van der Waals surface area (Å²) in [5.74, 6) is -6.90. The number of methoxy groups -OCH3 is 1. The molecule has 0 fully saturated rings. The molecule has 10 atom stereocenters. The molecule has 1 aromatic carbocycles. The van der Waals surface area contributed by atoms with E-state index in [0.717, 1.165) is 0 Å². The van der Waals surface area contributed by atoms with E-state index in [0.29, 0.717) is 0 Å². The summed E-state index contributed by atoms with van der Waals surface area (Å²) in [7, 11) is 1.44. The molecule has 51 heavy (non-hydrogen) atoms. The molecule has 1 aliphatic carbocycles. The minimum atomic E-state index is -1.97. The molecule has 3 aliphatic heterocycles. The third-order valence-electron chi connectivity index (χ3n) is 10.2. The first-order chi connectivity index (χ1) is 23.8. The predicted octanol–water partition coefficient (Wildman–Crippen LogP) is 2.85. The lowest BCUT2D eigenvalue weighted by molar-refractivity contribution is -0.160. The Bertz CT molecular complexity index is 1740. The largest absolute Gasteiger partial charge is 0.507 e. The number of carbonyl (C=O) groups is 3. The summed E-state index contributed by atoms with van der Waals surface area (Å²) in [5.41, 5.74) is 11.9. The molecular weight excluding hydrogens is 662 g/mol. The van der Waals surface area contributed by atoms with Gasteiger partial charge in [0.25, 0.3) is 11.7 Å². The van der Waals surface area contributed by atoms with E-state index in [4.69, 9.17) is 30.4 Å². The van der Waals surface area contributed by atoms with Crippen molar-refractivity contribution in [3.63, 3.8) is 0 Å². The molecule has 5 rings (SSSR count). The van der Waals surface area contributed by atoms with Crippen LogP contribution in [0.2, 0.25) is 0 Å². The zero-order valence-electron chi connectivity index (χ0n) is 30.3. The SMILES string of the molecule is CO[C@H]1/C=C/O[C@]2(C)Oc3c(C)c(O)c4c(c3C2=O)C(N)=C(N)C(=NC(=O)/C(C)=C\C=C\[C@H](C)[C@H](O)[C@@H](C)[C@@H](O)[C@@H](C)[C@H](OC(C)=O)[C@@H]1C)C4O. The summed E-state index contributed by atoms with van der Waals surface area (Å²) in [6.07, 6.45) is 1.84. The van der Waals surface area contributed by atoms with Gasteiger partial charge < -0.3 is 50.8 Å². The Hall–Kier alpha value is -4.50. The average Bonchev–Trinajstić information content (AvgIpc) is 3.35. The van der Waals surface area contributed by atoms with Crippen LogP contribution in [-0.4, -0.2) is 81.1 Å². The van der Waals surface area contributed by atoms with Crippen molar-refractivity contribution in [1.29, 1.82) is 0 Å². The van der Waals surface area contributed by atoms with Gasteiger partial charge in [0, 0.05) is 66.9 Å². The Kier molecular flexibility index (Phi) is 11.6. The number of phenols is 1. The lowest BCUT2D eigenvalue weighted by Crippen LogP contribution is -2.46. The van der Waals surface area contributed by atoms with E-state index in [2.05, 4.69) is 4.99 Å². The van der Waals surface area contributed by atoms with Crippen molar-refractivity contribution in [2.24, 2.45) is 40.1 Å². The summed E-state index contributed by atoms with van der Waals surface area (Å²) >= 11 is 0. The highest BCUT2D eigenvalue weighted by Crippen LogP contribution is 2.51. The van der Waals surface area contributed by atoms with Gasteiger partial charge in [-0.3, -0.25) is 14.4 Å². The first kappa shape index (κ1) is 39.3. The number of esters is 1. The second kappa shape index (κ2) is 15.0. The number of phenolic OH excluding ortho intramolecular Hbond substituents is 1. The molecule has 4 aliphatic rings. The number of aromatic hydroxyl groups is 1. The summed E-state index contributed by atoms with van der Waals surface area (Å²) in [6.45, 7) is 12.5. The van der Waals surface area contributed by atoms with Crippen molar-refractivity contribution in [3.8, 4) is 11.5 Å². The standard InChI is InChI=1S/C37H49N3O11/c1-15-11-10-12-16(2)36(47)40-28-27(39)26(38)23-24(32(28)45)31(44)20(6)34-25(23)35(46)37(8,51-34)49-14-13-22(48-9)17(3)33(50-21(7)41)19(5)30(43)18(4)29(15)42/h10-15,17-19,22,29-30,32-33,42-45H,38-39H2,1-9H3/b11-10+,14-13+,16-12-,40-28?/t15-,17+,18+,19+,22-,29-,30+,32?,33+,37+/m0/s1. The first-order valence-electron chi connectivity index (χ1n) is 16.7. The van der Waals surface area contributed by atoms with Gasteiger partial charge in [0.1, 0.15) is 29.4 Å². The van der Waals surface area contributed by atoms with Gasteiger partial charge in [-0.25, -0.2) is 4.99 Å². The lowest BCUT2D eigenvalue weighted by Gasteiger charge is -2.38. The molecule has 14 nitrogen and oxygen atoms in total. The number of allylic oxidation sites excluding steroid dienone is 2. The molecule has 0 radical (unpaired) electrons. The van der Waals surface area contributed by atoms with Crippen LogP contribution in [0.3, 0.4) is 0 Å². The molecule has 0 aromatic heterocycles. The van der Waals surface area contributed by atoms with Gasteiger partial charge in [-0.05, 0) is 19.9 Å². The van der Waals surface area contributed by atoms with Crippen LogP contribution in [0.1, 0.15) is 81.6 Å². The number of rotatable bonds is 2. The van der Waals surface area contributed by atoms with Crippen LogP contribution in [0.4, 0.5) is 0 Å². The molecule has 0 saturated heterocycles. The number of aliphatic hydroxyl groups excluding tert-OH is 3. The summed E-state index contributed by atoms with van der Waals surface area (Å²) < 4.78 is 23.3. The fraction of sp³-hybridized carbons (Fsp3) is 0.514. The van der Waals surface area contributed by atoms with E-state index in [-0.39, 0.29) is 50.7 Å². The van der Waals surface area contributed by atoms with Gasteiger partial charge in [0.2, 0.25) is 0 Å². The fourth-order valence-electron chi connectivity index (χ4n) is 6.88. The van der Waals surface area contributed by atoms with Crippen molar-refractivity contribution in [2.75, 3.05) is 7.11 Å². The Morgan fingerprint density at radius 3 is 2.22 bits per heavy atom. The minimum absolute atomic E-state index is 0.0393. The molecule has 0 saturated carbocycles. The molecule has 1 aromatic rings. The van der Waals surface area contributed by atoms with Crippen molar-refractivity contribution in [2.45, 2.75) is 91.7 Å². The van der Waals surface area contributed by atoms with Gasteiger partial charge in [-0.15, -0.1) is 0 Å². The molecule has 3 heterocycles. The number of hydrogen-bond acceptors (Lipinski definition) is 13. The Labute approximate surface area is 297 Å². The van der Waals surface area contributed by atoms with Crippen LogP contribution >= 0.6 is 0 Å². The number of ether oxygens (including phenoxy) is 4. The number of nitrogens with two attached hydrogens (primary N) is 2. The highest BCUT2D eigenvalue weighted by atomic mass is 16.7. The van der Waals surface area contributed by atoms with Gasteiger partial charge in [-0.1, -0.05) is 45.9 Å². The predicted molar refractivity (Wildman–Crippen MR) is 187 cm³/mol. The number of nitrogens with zero attached hydrogens (tertiary/aromatic N) is 1. The molecule has 1 unspecified atom stereocenters. The van der Waals surface area contributed by atoms with Gasteiger partial charge in [-0.2, -0.15) is 0 Å². The van der Waals surface area contributed by atoms with Crippen LogP contribution in [0.5, 0.6) is 11.5 Å². The van der Waals surface area contributed by atoms with E-state index < -0.39 is 83.4 Å². The molecular formula is C37H49N3O11. The number of aliphatic imine (C=N–C) groups is 1. The molecule has 8 N–H and O–H groups in total. The average molecular weight is 712 g/mol. The number of benzene rings is 1. The first-order valence-corrected chi connectivity index (χ1v) is 16.7. The number of amides is 1. The maximum atomic E-state index is 14.1. The van der Waals surface area contributed by atoms with Crippen LogP contribution < -0.4 is 16.2 Å². The topological polar surface area (TPSA) is 233 Å². The van der Waals surface area contributed by atoms with Crippen molar-refractivity contribution in [1.82, 2.24) is 0 Å². The maximum Gasteiger partial charge on any atom is 0.312 e. The molecule has 278 valence electrons. The second-order valence-corrected chi connectivity index (χ2v) is 13.7. The molecule has 0 spiro atoms. The number of carbonyl (C=O) groups excluding carboxylic acids is 3. The highest BCUT2D eigenvalue weighted by Gasteiger charge is 2.51. The van der Waals surface area contributed by atoms with Crippen LogP contribution in [-0.2, 0) is 23.8 Å². The lowest BCUT2D eigenvalue weighted by atomic mass is 9.78. The quantitative estimate of drug-likeness (QED) is 0.243. The van der Waals surface area contributed by atoms with Gasteiger partial charge in [0.15, 0.2) is 0 Å². The third-order valence-corrected chi connectivity index (χ3v) is 10.2. The third kappa shape index (κ3) is 7.18. The Balaban J connectivity index is 1.89. The molecule has 5 bridgehead atoms. The molecule has 1 amide bonds. The minimum Gasteiger partial charge on any atom is -0.507 e. The fourth-order valence-corrected chi connectivity index (χ4v) is 6.88. The van der Waals surface area contributed by atoms with E-state index in [9.17, 15) is 34.8 Å². The number of hydrogen-bond donors (Lipinski definition) is 6. The number of aliphatic hydroxyl groups is 3. The van der Waals surface area contributed by atoms with Crippen LogP contribution in [0, 0.1) is 30.6 Å². The van der Waals surface area contributed by atoms with Gasteiger partial charge >= 0.3 is 11.8 Å². The van der Waals surface area contributed by atoms with E-state index in [1.54, 1.807) is 39.8 Å². The monoisotopic (exact) mass is 711 g/mol. The van der Waals surface area contributed by atoms with E-state index in [1.807, 2.05) is 0 Å². The highest BCUT2D eigenvalue weighted by molar-refractivity contribution is 6.20. The zero-order chi connectivity index (χ0) is 38.3. The van der Waals surface area contributed by atoms with Crippen LogP contribution in [0.15, 0.2) is 46.8 Å². The number of fused-ring (bicyclic) bond motifs is 13. The van der Waals surface area contributed by atoms with E-state index >= 15 is 0 Å². The summed E-state index contributed by atoms with van der Waals surface area (Å²) in [5, 5.41) is 45.3. The van der Waals surface area contributed by atoms with Crippen molar-refractivity contribution in [3.05, 3.63) is 64.1 Å². The second-order valence-electron chi connectivity index (χ2n) is 13.7. The molecule has 14 heteroatoms. The Morgan fingerprint density at radius 1 is 0.961 bits per heavy atom. The van der Waals surface area contributed by atoms with Gasteiger partial charge in [0.05, 0.1) is 41.5 Å².